The Morgan fingerprint density at radius 1 is 1.19 bits per heavy atom. The lowest BCUT2D eigenvalue weighted by atomic mass is 9.75. The summed E-state index contributed by atoms with van der Waals surface area (Å²) < 4.78 is 15.7. The van der Waals surface area contributed by atoms with E-state index in [-0.39, 0.29) is 13.0 Å². The largest absolute Gasteiger partial charge is 0.493 e. The summed E-state index contributed by atoms with van der Waals surface area (Å²) in [4.78, 5) is 38.0. The first-order valence-corrected chi connectivity index (χ1v) is 8.60. The fraction of sp³-hybridized carbons (Fsp3) is 0.526. The summed E-state index contributed by atoms with van der Waals surface area (Å²) in [6.45, 7) is 5.37. The van der Waals surface area contributed by atoms with Crippen LogP contribution in [0.5, 0.6) is 11.5 Å². The predicted octanol–water partition coefficient (Wildman–Crippen LogP) is 1.89. The van der Waals surface area contributed by atoms with Gasteiger partial charge in [-0.2, -0.15) is 0 Å². The smallest absolute Gasteiger partial charge is 0.405 e. The minimum Gasteiger partial charge on any atom is -0.493 e. The summed E-state index contributed by atoms with van der Waals surface area (Å²) in [5.74, 6) is 0.224. The molecule has 2 rings (SSSR count). The Hall–Kier alpha value is -2.77. The number of nitrogens with two attached hydrogens (primary N) is 1. The molecule has 1 aromatic carbocycles. The number of ether oxygens (including phenoxy) is 3. The molecule has 8 heteroatoms. The number of hydrogen-bond acceptors (Lipinski definition) is 6. The quantitative estimate of drug-likeness (QED) is 0.757. The minimum absolute atomic E-state index is 0.160. The van der Waals surface area contributed by atoms with E-state index < -0.39 is 28.9 Å². The molecule has 1 atom stereocenters. The highest BCUT2D eigenvalue weighted by Gasteiger charge is 2.61. The molecule has 1 aromatic rings. The van der Waals surface area contributed by atoms with Crippen LogP contribution in [-0.4, -0.2) is 49.2 Å². The maximum Gasteiger partial charge on any atom is 0.405 e. The van der Waals surface area contributed by atoms with E-state index in [0.29, 0.717) is 17.9 Å². The van der Waals surface area contributed by atoms with Crippen LogP contribution in [0.2, 0.25) is 0 Å². The molecule has 0 aromatic heterocycles. The summed E-state index contributed by atoms with van der Waals surface area (Å²) in [7, 11) is 3.08. The van der Waals surface area contributed by atoms with E-state index in [9.17, 15) is 14.4 Å². The Labute approximate surface area is 158 Å². The molecular formula is C19H26N2O6. The van der Waals surface area contributed by atoms with Gasteiger partial charge in [0.25, 0.3) is 5.91 Å². The van der Waals surface area contributed by atoms with E-state index in [0.717, 1.165) is 10.5 Å². The van der Waals surface area contributed by atoms with Crippen molar-refractivity contribution in [1.29, 1.82) is 0 Å². The average Bonchev–Trinajstić information content (AvgIpc) is 2.83. The molecule has 1 saturated heterocycles. The Morgan fingerprint density at radius 3 is 2.33 bits per heavy atom. The third-order valence-corrected chi connectivity index (χ3v) is 4.85. The van der Waals surface area contributed by atoms with Crippen molar-refractivity contribution in [3.63, 3.8) is 0 Å². The fourth-order valence-electron chi connectivity index (χ4n) is 3.21. The third kappa shape index (κ3) is 3.84. The first-order chi connectivity index (χ1) is 12.6. The van der Waals surface area contributed by atoms with Gasteiger partial charge in [0.2, 0.25) is 11.5 Å². The van der Waals surface area contributed by atoms with Crippen LogP contribution < -0.4 is 15.2 Å². The van der Waals surface area contributed by atoms with Gasteiger partial charge in [0.15, 0.2) is 11.5 Å². The number of hydrogen-bond donors (Lipinski definition) is 1. The van der Waals surface area contributed by atoms with Gasteiger partial charge in [-0.3, -0.25) is 14.5 Å². The molecule has 1 aliphatic rings. The lowest BCUT2D eigenvalue weighted by Gasteiger charge is -2.37. The van der Waals surface area contributed by atoms with Gasteiger partial charge >= 0.3 is 6.09 Å². The van der Waals surface area contributed by atoms with Gasteiger partial charge in [0, 0.05) is 12.0 Å². The molecular weight excluding hydrogens is 352 g/mol. The second kappa shape index (κ2) is 7.46. The van der Waals surface area contributed by atoms with E-state index in [4.69, 9.17) is 19.9 Å². The topological polar surface area (TPSA) is 108 Å². The monoisotopic (exact) mass is 378 g/mol. The number of nitrogens with zero attached hydrogens (tertiary/aromatic N) is 1. The van der Waals surface area contributed by atoms with Crippen molar-refractivity contribution in [2.24, 2.45) is 11.1 Å². The molecule has 0 bridgehead atoms. The van der Waals surface area contributed by atoms with Crippen molar-refractivity contribution in [2.45, 2.75) is 39.2 Å². The van der Waals surface area contributed by atoms with Crippen LogP contribution in [0.3, 0.4) is 0 Å². The first kappa shape index (κ1) is 20.5. The molecule has 2 N–H and O–H groups in total. The fourth-order valence-corrected chi connectivity index (χ4v) is 3.21. The predicted molar refractivity (Wildman–Crippen MR) is 97.4 cm³/mol. The van der Waals surface area contributed by atoms with E-state index in [1.807, 2.05) is 6.07 Å². The molecule has 8 nitrogen and oxygen atoms in total. The molecule has 148 valence electrons. The highest BCUT2D eigenvalue weighted by atomic mass is 16.6. The molecule has 27 heavy (non-hydrogen) atoms. The number of amides is 3. The van der Waals surface area contributed by atoms with Crippen molar-refractivity contribution < 1.29 is 28.6 Å². The maximum atomic E-state index is 13.0. The number of primary amides is 1. The van der Waals surface area contributed by atoms with Crippen molar-refractivity contribution in [1.82, 2.24) is 4.90 Å². The van der Waals surface area contributed by atoms with Crippen LogP contribution in [0.4, 0.5) is 4.79 Å². The Bertz CT molecular complexity index is 755. The normalized spacial score (nSPS) is 20.0. The molecule has 0 radical (unpaired) electrons. The molecule has 1 fully saturated rings. The van der Waals surface area contributed by atoms with E-state index in [1.165, 1.54) is 7.11 Å². The summed E-state index contributed by atoms with van der Waals surface area (Å²) in [5.41, 5.74) is 3.66. The molecule has 3 amide bonds. The van der Waals surface area contributed by atoms with E-state index >= 15 is 0 Å². The Morgan fingerprint density at radius 2 is 1.81 bits per heavy atom. The van der Waals surface area contributed by atoms with Gasteiger partial charge in [-0.25, -0.2) is 4.79 Å². The van der Waals surface area contributed by atoms with Crippen molar-refractivity contribution in [2.75, 3.05) is 20.8 Å². The van der Waals surface area contributed by atoms with Crippen LogP contribution in [0.25, 0.3) is 0 Å². The van der Waals surface area contributed by atoms with Crippen LogP contribution in [0.15, 0.2) is 18.2 Å². The molecule has 0 spiro atoms. The zero-order valence-electron chi connectivity index (χ0n) is 16.3. The van der Waals surface area contributed by atoms with Gasteiger partial charge in [0.05, 0.1) is 20.6 Å². The number of carbonyl (C=O) groups excluding carboxylic acids is 3. The van der Waals surface area contributed by atoms with Gasteiger partial charge in [-0.05, 0) is 24.1 Å². The van der Waals surface area contributed by atoms with Crippen LogP contribution in [-0.2, 0) is 20.7 Å². The number of imide groups is 1. The second-order valence-electron chi connectivity index (χ2n) is 7.46. The average molecular weight is 378 g/mol. The van der Waals surface area contributed by atoms with Gasteiger partial charge in [-0.15, -0.1) is 0 Å². The zero-order chi connectivity index (χ0) is 20.4. The number of benzene rings is 1. The highest BCUT2D eigenvalue weighted by molar-refractivity contribution is 6.09. The van der Waals surface area contributed by atoms with Crippen LogP contribution >= 0.6 is 0 Å². The molecule has 1 aliphatic heterocycles. The summed E-state index contributed by atoms with van der Waals surface area (Å²) >= 11 is 0. The Kier molecular flexibility index (Phi) is 5.67. The molecule has 1 heterocycles. The standard InChI is InChI=1S/C19H26N2O6/c1-18(2,3)19(27-17(20)24)11-15(22)21(16(19)23)9-8-12-6-7-13(25-4)14(10-12)26-5/h6-7,10H,8-9,11H2,1-5H3,(H2,20,24). The third-order valence-electron chi connectivity index (χ3n) is 4.85. The van der Waals surface area contributed by atoms with E-state index in [2.05, 4.69) is 0 Å². The van der Waals surface area contributed by atoms with Crippen molar-refractivity contribution in [3.8, 4) is 11.5 Å². The van der Waals surface area contributed by atoms with Crippen LogP contribution in [0, 0.1) is 5.41 Å². The van der Waals surface area contributed by atoms with Gasteiger partial charge < -0.3 is 19.9 Å². The van der Waals surface area contributed by atoms with Gasteiger partial charge in [-0.1, -0.05) is 26.8 Å². The lowest BCUT2D eigenvalue weighted by molar-refractivity contribution is -0.154. The summed E-state index contributed by atoms with van der Waals surface area (Å²) in [6.07, 6.45) is -0.869. The minimum atomic E-state index is -1.59. The SMILES string of the molecule is COc1ccc(CCN2C(=O)CC(OC(N)=O)(C(C)(C)C)C2=O)cc1OC. The number of rotatable bonds is 6. The zero-order valence-corrected chi connectivity index (χ0v) is 16.3. The van der Waals surface area contributed by atoms with Gasteiger partial charge in [0.1, 0.15) is 0 Å². The molecule has 1 unspecified atom stereocenters. The maximum absolute atomic E-state index is 13.0. The second-order valence-corrected chi connectivity index (χ2v) is 7.46. The molecule has 0 saturated carbocycles. The molecule has 0 aliphatic carbocycles. The highest BCUT2D eigenvalue weighted by Crippen LogP contribution is 2.43. The Balaban J connectivity index is 2.21. The number of likely N-dealkylation sites (tertiary alicyclic amines) is 1. The number of carbonyl (C=O) groups is 3. The summed E-state index contributed by atoms with van der Waals surface area (Å²) in [6, 6.07) is 5.39. The first-order valence-electron chi connectivity index (χ1n) is 8.60. The summed E-state index contributed by atoms with van der Waals surface area (Å²) in [5, 5.41) is 0. The number of methoxy groups -OCH3 is 2. The van der Waals surface area contributed by atoms with Crippen molar-refractivity contribution >= 4 is 17.9 Å². The van der Waals surface area contributed by atoms with E-state index in [1.54, 1.807) is 40.0 Å². The van der Waals surface area contributed by atoms with Crippen molar-refractivity contribution in [3.05, 3.63) is 23.8 Å². The van der Waals surface area contributed by atoms with Crippen LogP contribution in [0.1, 0.15) is 32.8 Å². The lowest BCUT2D eigenvalue weighted by Crippen LogP contribution is -2.54.